The van der Waals surface area contributed by atoms with Crippen LogP contribution in [0.3, 0.4) is 0 Å². The number of nitrogens with one attached hydrogen (secondary N) is 1. The number of rotatable bonds is 8. The van der Waals surface area contributed by atoms with E-state index in [1.165, 1.54) is 11.0 Å². The molecule has 2 fully saturated rings. The van der Waals surface area contributed by atoms with Gasteiger partial charge in [0.15, 0.2) is 0 Å². The minimum absolute atomic E-state index is 0.0541. The van der Waals surface area contributed by atoms with Crippen LogP contribution in [0.5, 0.6) is 0 Å². The van der Waals surface area contributed by atoms with Crippen molar-refractivity contribution in [3.8, 4) is 6.07 Å². The molecule has 2 aliphatic heterocycles. The van der Waals surface area contributed by atoms with Gasteiger partial charge in [-0.1, -0.05) is 30.3 Å². The molecule has 2 amide bonds. The molecule has 12 heteroatoms. The van der Waals surface area contributed by atoms with Gasteiger partial charge in [0, 0.05) is 31.5 Å². The predicted octanol–water partition coefficient (Wildman–Crippen LogP) is 1.51. The number of hydrogen-bond donors (Lipinski definition) is 3. The van der Waals surface area contributed by atoms with Crippen LogP contribution in [-0.4, -0.2) is 88.7 Å². The van der Waals surface area contributed by atoms with E-state index in [4.69, 9.17) is 4.74 Å². The Kier molecular flexibility index (Phi) is 8.71. The van der Waals surface area contributed by atoms with Crippen LogP contribution in [0.1, 0.15) is 32.3 Å². The first-order valence-corrected chi connectivity index (χ1v) is 11.8. The number of carbonyl (C=O) groups is 2. The Bertz CT molecular complexity index is 1020. The molecule has 2 saturated heterocycles. The Morgan fingerprint density at radius 1 is 1.33 bits per heavy atom. The van der Waals surface area contributed by atoms with Gasteiger partial charge < -0.3 is 25.0 Å². The van der Waals surface area contributed by atoms with Crippen molar-refractivity contribution in [3.63, 3.8) is 0 Å². The van der Waals surface area contributed by atoms with Crippen molar-refractivity contribution in [2.45, 2.75) is 56.6 Å². The number of benzene rings is 1. The third-order valence-electron chi connectivity index (χ3n) is 6.50. The number of nitrogens with zero attached hydrogens (tertiary/aromatic N) is 3. The average molecular weight is 504 g/mol. The number of ether oxygens (including phenoxy) is 1. The molecule has 2 heterocycles. The van der Waals surface area contributed by atoms with Crippen LogP contribution in [0.15, 0.2) is 42.0 Å². The summed E-state index contributed by atoms with van der Waals surface area (Å²) in [5, 5.41) is 31.3. The fraction of sp³-hybridized carbons (Fsp3) is 0.542. The molecule has 0 saturated carbocycles. The third-order valence-corrected chi connectivity index (χ3v) is 6.50. The number of hydrogen-bond acceptors (Lipinski definition) is 7. The van der Waals surface area contributed by atoms with Crippen molar-refractivity contribution in [1.29, 1.82) is 5.26 Å². The van der Waals surface area contributed by atoms with Crippen LogP contribution in [-0.2, 0) is 16.0 Å². The molecule has 0 aromatic heterocycles. The molecule has 0 unspecified atom stereocenters. The summed E-state index contributed by atoms with van der Waals surface area (Å²) in [5.74, 6) is -4.35. The topological polar surface area (TPSA) is 126 Å². The first-order chi connectivity index (χ1) is 16.9. The molecule has 0 radical (unpaired) electrons. The molecule has 194 valence electrons. The fourth-order valence-corrected chi connectivity index (χ4v) is 4.43. The highest BCUT2D eigenvalue weighted by Gasteiger charge is 2.43. The van der Waals surface area contributed by atoms with Gasteiger partial charge in [-0.05, 0) is 31.9 Å². The summed E-state index contributed by atoms with van der Waals surface area (Å²) < 4.78 is 32.7. The normalized spacial score (nSPS) is 21.1. The molecule has 9 nitrogen and oxygen atoms in total. The van der Waals surface area contributed by atoms with E-state index in [2.05, 4.69) is 5.32 Å². The standard InChI is InChI=1S/C24H31BF2N4O5/c1-23(2,31-11-9-24(26,27)16-31)13-18(14-28)21(32)30-10-8-19(15-30)36-22(33)29-20(25(34)35)12-17-6-4-3-5-7-17/h3-7,13,19-20,34-35H,8-12,15-16H2,1-2H3,(H,29,33)/t19-,20+/m1/s1. The molecule has 3 rings (SSSR count). The highest BCUT2D eigenvalue weighted by Crippen LogP contribution is 2.33. The maximum Gasteiger partial charge on any atom is 0.475 e. The second-order valence-electron chi connectivity index (χ2n) is 9.77. The Morgan fingerprint density at radius 3 is 2.61 bits per heavy atom. The molecule has 3 N–H and O–H groups in total. The summed E-state index contributed by atoms with van der Waals surface area (Å²) in [4.78, 5) is 28.2. The number of likely N-dealkylation sites (tertiary alicyclic amines) is 2. The average Bonchev–Trinajstić information content (AvgIpc) is 3.43. The van der Waals surface area contributed by atoms with Gasteiger partial charge in [0.2, 0.25) is 0 Å². The number of amides is 2. The van der Waals surface area contributed by atoms with Crippen molar-refractivity contribution in [1.82, 2.24) is 15.1 Å². The quantitative estimate of drug-likeness (QED) is 0.278. The Hall–Kier alpha value is -3.01. The lowest BCUT2D eigenvalue weighted by Gasteiger charge is -2.33. The molecular formula is C24H31BF2N4O5. The lowest BCUT2D eigenvalue weighted by molar-refractivity contribution is -0.126. The Labute approximate surface area is 209 Å². The van der Waals surface area contributed by atoms with Crippen LogP contribution in [0.2, 0.25) is 0 Å². The molecule has 2 atom stereocenters. The van der Waals surface area contributed by atoms with Gasteiger partial charge in [-0.25, -0.2) is 13.6 Å². The third kappa shape index (κ3) is 7.26. The predicted molar refractivity (Wildman–Crippen MR) is 128 cm³/mol. The van der Waals surface area contributed by atoms with Gasteiger partial charge in [0.1, 0.15) is 17.7 Å². The lowest BCUT2D eigenvalue weighted by atomic mass is 9.76. The smallest absolute Gasteiger partial charge is 0.444 e. The van der Waals surface area contributed by atoms with E-state index in [9.17, 15) is 33.7 Å². The first-order valence-electron chi connectivity index (χ1n) is 11.8. The van der Waals surface area contributed by atoms with E-state index in [0.29, 0.717) is 6.42 Å². The highest BCUT2D eigenvalue weighted by atomic mass is 19.3. The van der Waals surface area contributed by atoms with Gasteiger partial charge in [-0.15, -0.1) is 0 Å². The number of halogens is 2. The maximum atomic E-state index is 13.7. The summed E-state index contributed by atoms with van der Waals surface area (Å²) in [6, 6.07) is 10.9. The van der Waals surface area contributed by atoms with E-state index < -0.39 is 49.2 Å². The van der Waals surface area contributed by atoms with Crippen molar-refractivity contribution >= 4 is 19.1 Å². The van der Waals surface area contributed by atoms with E-state index in [1.807, 2.05) is 12.1 Å². The van der Waals surface area contributed by atoms with Crippen molar-refractivity contribution < 1.29 is 33.2 Å². The molecule has 0 aliphatic carbocycles. The fourth-order valence-electron chi connectivity index (χ4n) is 4.43. The second-order valence-corrected chi connectivity index (χ2v) is 9.77. The molecule has 0 spiro atoms. The molecule has 2 aliphatic rings. The van der Waals surface area contributed by atoms with Gasteiger partial charge in [-0.3, -0.25) is 9.69 Å². The Balaban J connectivity index is 1.56. The summed E-state index contributed by atoms with van der Waals surface area (Å²) >= 11 is 0. The van der Waals surface area contributed by atoms with Crippen LogP contribution in [0.4, 0.5) is 13.6 Å². The molecule has 36 heavy (non-hydrogen) atoms. The second kappa shape index (κ2) is 11.4. The summed E-state index contributed by atoms with van der Waals surface area (Å²) in [7, 11) is -1.80. The number of alkyl carbamates (subject to hydrolysis) is 1. The van der Waals surface area contributed by atoms with E-state index in [0.717, 1.165) is 5.56 Å². The van der Waals surface area contributed by atoms with Crippen LogP contribution in [0.25, 0.3) is 0 Å². The highest BCUT2D eigenvalue weighted by molar-refractivity contribution is 6.43. The Morgan fingerprint density at radius 2 is 2.03 bits per heavy atom. The zero-order valence-electron chi connectivity index (χ0n) is 20.4. The van der Waals surface area contributed by atoms with E-state index in [-0.39, 0.29) is 38.0 Å². The lowest BCUT2D eigenvalue weighted by Crippen LogP contribution is -2.48. The zero-order valence-corrected chi connectivity index (χ0v) is 20.4. The van der Waals surface area contributed by atoms with Crippen molar-refractivity contribution in [2.75, 3.05) is 26.2 Å². The number of carbonyl (C=O) groups excluding carboxylic acids is 2. The monoisotopic (exact) mass is 504 g/mol. The summed E-state index contributed by atoms with van der Waals surface area (Å²) in [5.41, 5.74) is -0.286. The minimum Gasteiger partial charge on any atom is -0.444 e. The maximum absolute atomic E-state index is 13.7. The molecular weight excluding hydrogens is 473 g/mol. The van der Waals surface area contributed by atoms with Gasteiger partial charge in [0.05, 0.1) is 19.0 Å². The summed E-state index contributed by atoms with van der Waals surface area (Å²) in [6.45, 7) is 3.38. The van der Waals surface area contributed by atoms with Crippen molar-refractivity contribution in [2.24, 2.45) is 0 Å². The number of nitriles is 1. The molecule has 1 aromatic carbocycles. The van der Waals surface area contributed by atoms with E-state index >= 15 is 0 Å². The SMILES string of the molecule is CC(C)(C=C(C#N)C(=O)N1CC[C@@H](OC(=O)N[C@@H](Cc2ccccc2)B(O)O)C1)N1CCC(F)(F)C1. The van der Waals surface area contributed by atoms with Crippen LogP contribution in [0, 0.1) is 11.3 Å². The summed E-state index contributed by atoms with van der Waals surface area (Å²) in [6.07, 6.45) is 0.159. The van der Waals surface area contributed by atoms with E-state index in [1.54, 1.807) is 43.0 Å². The van der Waals surface area contributed by atoms with Crippen LogP contribution >= 0.6 is 0 Å². The van der Waals surface area contributed by atoms with Gasteiger partial charge in [0.25, 0.3) is 11.8 Å². The molecule has 1 aromatic rings. The van der Waals surface area contributed by atoms with Crippen LogP contribution < -0.4 is 5.32 Å². The molecule has 0 bridgehead atoms. The first kappa shape index (κ1) is 27.6. The zero-order chi connectivity index (χ0) is 26.5. The minimum atomic E-state index is -2.80. The van der Waals surface area contributed by atoms with Gasteiger partial charge >= 0.3 is 13.2 Å². The van der Waals surface area contributed by atoms with Gasteiger partial charge in [-0.2, -0.15) is 5.26 Å². The number of alkyl halides is 2. The van der Waals surface area contributed by atoms with Crippen molar-refractivity contribution in [3.05, 3.63) is 47.5 Å². The largest absolute Gasteiger partial charge is 0.475 e.